The van der Waals surface area contributed by atoms with Crippen LogP contribution >= 0.6 is 0 Å². The molecule has 4 aliphatic rings. The smallest absolute Gasteiger partial charge is 0.202 e. The Morgan fingerprint density at radius 1 is 1.02 bits per heavy atom. The highest BCUT2D eigenvalue weighted by Gasteiger charge is 2.51. The van der Waals surface area contributed by atoms with Gasteiger partial charge in [0.05, 0.1) is 42.6 Å². The molecule has 0 unspecified atom stereocenters. The number of benzene rings is 2. The molecule has 2 aromatic rings. The Morgan fingerprint density at radius 2 is 1.73 bits per heavy atom. The van der Waals surface area contributed by atoms with Gasteiger partial charge in [0.1, 0.15) is 22.8 Å². The zero-order valence-corrected chi connectivity index (χ0v) is 28.8. The molecule has 6 rings (SSSR count). The Bertz CT molecular complexity index is 1660. The Balaban J connectivity index is 1.44. The molecule has 0 aromatic heterocycles. The van der Waals surface area contributed by atoms with E-state index in [1.165, 1.54) is 19.2 Å². The van der Waals surface area contributed by atoms with Gasteiger partial charge in [0, 0.05) is 68.7 Å². The van der Waals surface area contributed by atoms with Crippen molar-refractivity contribution in [2.24, 2.45) is 11.8 Å². The number of aliphatic hydroxyl groups is 1. The first-order valence-electron chi connectivity index (χ1n) is 16.6. The molecule has 0 saturated carbocycles. The predicted octanol–water partition coefficient (Wildman–Crippen LogP) is 3.26. The van der Waals surface area contributed by atoms with E-state index < -0.39 is 82.8 Å². The molecule has 0 bridgehead atoms. The number of morpholine rings is 1. The van der Waals surface area contributed by atoms with Crippen LogP contribution in [0, 0.1) is 11.8 Å². The molecular weight excluding hydrogens is 638 g/mol. The normalized spacial score (nSPS) is 31.7. The molecular formula is C36H45NO12. The molecule has 3 N–H and O–H groups in total. The summed E-state index contributed by atoms with van der Waals surface area (Å²) in [4.78, 5) is 43.5. The van der Waals surface area contributed by atoms with E-state index in [0.717, 1.165) is 0 Å². The lowest BCUT2D eigenvalue weighted by Crippen LogP contribution is -2.61. The number of Topliss-reactive ketones (excluding diaryl/α,β-unsaturated/α-hetero) is 1. The summed E-state index contributed by atoms with van der Waals surface area (Å²) in [6.07, 6.45) is -3.89. The molecule has 13 nitrogen and oxygen atoms in total. The third-order valence-electron chi connectivity index (χ3n) is 10.6. The number of rotatable bonds is 8. The van der Waals surface area contributed by atoms with Crippen LogP contribution in [0.2, 0.25) is 0 Å². The number of nitrogens with zero attached hydrogens (tertiary/aromatic N) is 1. The predicted molar refractivity (Wildman–Crippen MR) is 173 cm³/mol. The second-order valence-electron chi connectivity index (χ2n) is 13.7. The number of phenolic OH excluding ortho intramolecular Hbond substituents is 2. The highest BCUT2D eigenvalue weighted by molar-refractivity contribution is 6.31. The number of ether oxygens (including phenoxy) is 6. The summed E-state index contributed by atoms with van der Waals surface area (Å²) in [6, 6.07) is 4.39. The van der Waals surface area contributed by atoms with Crippen LogP contribution in [0.1, 0.15) is 89.6 Å². The van der Waals surface area contributed by atoms with Crippen molar-refractivity contribution >= 4 is 17.3 Å². The van der Waals surface area contributed by atoms with Gasteiger partial charge in [-0.1, -0.05) is 32.9 Å². The first-order valence-corrected chi connectivity index (χ1v) is 16.6. The number of hydrogen-bond donors (Lipinski definition) is 3. The van der Waals surface area contributed by atoms with Crippen molar-refractivity contribution in [3.63, 3.8) is 0 Å². The number of carbonyl (C=O) groups excluding carboxylic acids is 3. The third kappa shape index (κ3) is 5.75. The lowest BCUT2D eigenvalue weighted by atomic mass is 9.70. The van der Waals surface area contributed by atoms with Crippen LogP contribution < -0.4 is 4.74 Å². The second-order valence-corrected chi connectivity index (χ2v) is 13.7. The second kappa shape index (κ2) is 13.4. The van der Waals surface area contributed by atoms with Crippen LogP contribution in [0.15, 0.2) is 18.2 Å². The van der Waals surface area contributed by atoms with E-state index in [1.807, 2.05) is 6.92 Å². The number of fused-ring (bicyclic) bond motifs is 3. The number of carbonyl (C=O) groups is 3. The topological polar surface area (TPSA) is 171 Å². The largest absolute Gasteiger partial charge is 0.507 e. The van der Waals surface area contributed by atoms with Gasteiger partial charge in [-0.25, -0.2) is 0 Å². The van der Waals surface area contributed by atoms with Crippen LogP contribution in [0.3, 0.4) is 0 Å². The zero-order valence-electron chi connectivity index (χ0n) is 28.8. The van der Waals surface area contributed by atoms with Gasteiger partial charge in [-0.15, -0.1) is 0 Å². The summed E-state index contributed by atoms with van der Waals surface area (Å²) in [5.74, 6) is -3.48. The average Bonchev–Trinajstić information content (AvgIpc) is 3.08. The molecule has 8 atom stereocenters. The fraction of sp³-hybridized carbons (Fsp3) is 0.583. The molecule has 2 fully saturated rings. The maximum atomic E-state index is 14.0. The summed E-state index contributed by atoms with van der Waals surface area (Å²) in [6.45, 7) is 8.28. The summed E-state index contributed by atoms with van der Waals surface area (Å²) in [5, 5.41) is 35.6. The number of hydrogen-bond acceptors (Lipinski definition) is 13. The van der Waals surface area contributed by atoms with Crippen molar-refractivity contribution in [3.05, 3.63) is 51.6 Å². The van der Waals surface area contributed by atoms with Gasteiger partial charge in [-0.05, 0) is 18.9 Å². The highest BCUT2D eigenvalue weighted by atomic mass is 16.7. The maximum Gasteiger partial charge on any atom is 0.202 e. The number of ketones is 3. The van der Waals surface area contributed by atoms with Crippen LogP contribution in [0.4, 0.5) is 0 Å². The summed E-state index contributed by atoms with van der Waals surface area (Å²) >= 11 is 0. The minimum Gasteiger partial charge on any atom is -0.507 e. The van der Waals surface area contributed by atoms with Crippen molar-refractivity contribution in [2.45, 2.75) is 89.6 Å². The number of phenols is 2. The van der Waals surface area contributed by atoms with E-state index in [-0.39, 0.29) is 52.5 Å². The SMILES string of the molecule is COc1cccc2c1C(=O)c1c(O)c3c(c(O)c1C2=O)C[C@@](O)(C(=O)C(C)C)C[C@@H]3O[C@H]1C[C@H](N2CCO[C@H](OC)[C@H]2OC)[C@H](C)[C@H](C)O1. The molecule has 0 spiro atoms. The van der Waals surface area contributed by atoms with Crippen molar-refractivity contribution in [2.75, 3.05) is 34.5 Å². The van der Waals surface area contributed by atoms with Crippen LogP contribution in [0.25, 0.3) is 0 Å². The molecule has 0 amide bonds. The first kappa shape index (κ1) is 35.4. The molecule has 2 heterocycles. The lowest BCUT2D eigenvalue weighted by molar-refractivity contribution is -0.293. The Kier molecular flexibility index (Phi) is 9.65. The number of aromatic hydroxyl groups is 2. The van der Waals surface area contributed by atoms with Crippen molar-refractivity contribution in [3.8, 4) is 17.2 Å². The van der Waals surface area contributed by atoms with Gasteiger partial charge in [0.2, 0.25) is 5.78 Å². The van der Waals surface area contributed by atoms with Crippen molar-refractivity contribution in [1.82, 2.24) is 4.90 Å². The average molecular weight is 684 g/mol. The molecule has 49 heavy (non-hydrogen) atoms. The molecule has 2 aliphatic heterocycles. The van der Waals surface area contributed by atoms with Crippen molar-refractivity contribution < 1.29 is 58.1 Å². The van der Waals surface area contributed by atoms with Gasteiger partial charge in [0.25, 0.3) is 0 Å². The summed E-state index contributed by atoms with van der Waals surface area (Å²) in [7, 11) is 4.50. The first-order chi connectivity index (χ1) is 23.3. The van der Waals surface area contributed by atoms with Gasteiger partial charge < -0.3 is 43.7 Å². The fourth-order valence-electron chi connectivity index (χ4n) is 8.04. The monoisotopic (exact) mass is 683 g/mol. The number of methoxy groups -OCH3 is 3. The van der Waals surface area contributed by atoms with E-state index in [4.69, 9.17) is 28.4 Å². The molecule has 2 aliphatic carbocycles. The van der Waals surface area contributed by atoms with E-state index in [9.17, 15) is 29.7 Å². The van der Waals surface area contributed by atoms with Crippen molar-refractivity contribution in [1.29, 1.82) is 0 Å². The van der Waals surface area contributed by atoms with E-state index >= 15 is 0 Å². The van der Waals surface area contributed by atoms with E-state index in [1.54, 1.807) is 34.1 Å². The quantitative estimate of drug-likeness (QED) is 0.296. The maximum absolute atomic E-state index is 14.0. The molecule has 13 heteroatoms. The Labute approximate surface area is 285 Å². The summed E-state index contributed by atoms with van der Waals surface area (Å²) in [5.41, 5.74) is -2.86. The van der Waals surface area contributed by atoms with Gasteiger partial charge in [0.15, 0.2) is 30.4 Å². The lowest BCUT2D eigenvalue weighted by Gasteiger charge is -2.50. The molecule has 2 saturated heterocycles. The summed E-state index contributed by atoms with van der Waals surface area (Å²) < 4.78 is 35.4. The fourth-order valence-corrected chi connectivity index (χ4v) is 8.04. The van der Waals surface area contributed by atoms with E-state index in [2.05, 4.69) is 11.8 Å². The molecule has 2 aromatic carbocycles. The standard InChI is InChI=1S/C36H45NO12/c1-16(2)33(42)36(43)14-20-26(32(41)28-27(30(20)39)29(38)19-9-8-10-22(44-5)25(19)31(28)40)23(15-36)49-24-13-21(17(3)18(4)48-24)37-11-12-47-35(46-7)34(37)45-6/h8-10,16-18,21,23-24,34-35,39,41,43H,11-15H2,1-7H3/t17-,18+,21+,23+,24+,34-,35+,36+/m1/s1. The van der Waals surface area contributed by atoms with Gasteiger partial charge >= 0.3 is 0 Å². The molecule has 0 radical (unpaired) electrons. The third-order valence-corrected chi connectivity index (χ3v) is 10.6. The van der Waals surface area contributed by atoms with Gasteiger partial charge in [-0.3, -0.25) is 19.3 Å². The highest BCUT2D eigenvalue weighted by Crippen LogP contribution is 2.53. The Morgan fingerprint density at radius 3 is 2.39 bits per heavy atom. The zero-order chi connectivity index (χ0) is 35.5. The van der Waals surface area contributed by atoms with Crippen LogP contribution in [-0.2, 0) is 34.9 Å². The minimum absolute atomic E-state index is 0.00145. The van der Waals surface area contributed by atoms with Crippen LogP contribution in [0.5, 0.6) is 17.2 Å². The van der Waals surface area contributed by atoms with E-state index in [0.29, 0.717) is 19.6 Å². The van der Waals surface area contributed by atoms with Crippen LogP contribution in [-0.4, -0.2) is 109 Å². The molecule has 266 valence electrons. The van der Waals surface area contributed by atoms with Gasteiger partial charge in [-0.2, -0.15) is 0 Å². The Hall–Kier alpha value is -3.43. The minimum atomic E-state index is -2.02.